The van der Waals surface area contributed by atoms with Crippen molar-refractivity contribution in [1.82, 2.24) is 5.32 Å². The highest BCUT2D eigenvalue weighted by Gasteiger charge is 2.27. The van der Waals surface area contributed by atoms with Crippen LogP contribution in [0.15, 0.2) is 22.7 Å². The van der Waals surface area contributed by atoms with Crippen LogP contribution in [0.25, 0.3) is 0 Å². The van der Waals surface area contributed by atoms with Gasteiger partial charge in [-0.05, 0) is 31.5 Å². The van der Waals surface area contributed by atoms with Crippen molar-refractivity contribution in [3.05, 3.63) is 28.2 Å². The molecule has 2 unspecified atom stereocenters. The molecule has 2 nitrogen and oxygen atoms in total. The lowest BCUT2D eigenvalue weighted by Gasteiger charge is -2.33. The van der Waals surface area contributed by atoms with E-state index >= 15 is 0 Å². The van der Waals surface area contributed by atoms with E-state index in [-0.39, 0.29) is 0 Å². The van der Waals surface area contributed by atoms with E-state index in [0.717, 1.165) is 23.1 Å². The van der Waals surface area contributed by atoms with Crippen LogP contribution in [0.4, 0.5) is 0 Å². The lowest BCUT2D eigenvalue weighted by molar-refractivity contribution is 0.130. The standard InChI is InChI=1S/C14H20BrNO/c1-9(2)6-11-8-13(16-3)12-5-4-10(15)7-14(12)17-11/h4-5,7,9,11,13,16H,6,8H2,1-3H3. The molecule has 1 heterocycles. The number of ether oxygens (including phenoxy) is 1. The number of fused-ring (bicyclic) bond motifs is 1. The molecule has 1 aliphatic heterocycles. The summed E-state index contributed by atoms with van der Waals surface area (Å²) in [5.74, 6) is 1.70. The van der Waals surface area contributed by atoms with Crippen LogP contribution in [0.1, 0.15) is 38.3 Å². The molecule has 94 valence electrons. The number of hydrogen-bond donors (Lipinski definition) is 1. The molecule has 0 fully saturated rings. The van der Waals surface area contributed by atoms with E-state index in [1.54, 1.807) is 0 Å². The third kappa shape index (κ3) is 3.02. The summed E-state index contributed by atoms with van der Waals surface area (Å²) in [6.45, 7) is 4.49. The third-order valence-corrected chi connectivity index (χ3v) is 3.72. The average molecular weight is 298 g/mol. The molecular formula is C14H20BrNO. The summed E-state index contributed by atoms with van der Waals surface area (Å²) in [6, 6.07) is 6.71. The van der Waals surface area contributed by atoms with Gasteiger partial charge < -0.3 is 10.1 Å². The molecule has 0 radical (unpaired) electrons. The molecule has 1 aromatic rings. The molecule has 0 bridgehead atoms. The normalized spacial score (nSPS) is 23.4. The Morgan fingerprint density at radius 3 is 2.88 bits per heavy atom. The van der Waals surface area contributed by atoms with Crippen LogP contribution in [-0.2, 0) is 0 Å². The van der Waals surface area contributed by atoms with Gasteiger partial charge in [0.05, 0.1) is 0 Å². The predicted molar refractivity (Wildman–Crippen MR) is 74.4 cm³/mol. The first kappa shape index (κ1) is 12.9. The molecule has 17 heavy (non-hydrogen) atoms. The van der Waals surface area contributed by atoms with Crippen LogP contribution in [0.5, 0.6) is 5.75 Å². The zero-order valence-corrected chi connectivity index (χ0v) is 12.3. The van der Waals surface area contributed by atoms with Crippen molar-refractivity contribution >= 4 is 15.9 Å². The van der Waals surface area contributed by atoms with Crippen LogP contribution in [-0.4, -0.2) is 13.2 Å². The fourth-order valence-corrected chi connectivity index (χ4v) is 2.80. The summed E-state index contributed by atoms with van der Waals surface area (Å²) in [5.41, 5.74) is 1.27. The number of rotatable bonds is 3. The Balaban J connectivity index is 2.24. The topological polar surface area (TPSA) is 21.3 Å². The van der Waals surface area contributed by atoms with Gasteiger partial charge in [-0.15, -0.1) is 0 Å². The largest absolute Gasteiger partial charge is 0.490 e. The lowest BCUT2D eigenvalue weighted by Crippen LogP contribution is -2.32. The molecule has 0 amide bonds. The summed E-state index contributed by atoms with van der Waals surface area (Å²) in [4.78, 5) is 0. The number of benzene rings is 1. The van der Waals surface area contributed by atoms with Gasteiger partial charge in [-0.2, -0.15) is 0 Å². The van der Waals surface area contributed by atoms with Crippen LogP contribution in [0, 0.1) is 5.92 Å². The lowest BCUT2D eigenvalue weighted by atomic mass is 9.92. The van der Waals surface area contributed by atoms with Gasteiger partial charge in [0.25, 0.3) is 0 Å². The Hall–Kier alpha value is -0.540. The van der Waals surface area contributed by atoms with E-state index in [1.807, 2.05) is 7.05 Å². The van der Waals surface area contributed by atoms with Gasteiger partial charge in [0.2, 0.25) is 0 Å². The predicted octanol–water partition coefficient (Wildman–Crippen LogP) is 3.91. The first-order valence-corrected chi connectivity index (χ1v) is 7.02. The van der Waals surface area contributed by atoms with Gasteiger partial charge in [-0.25, -0.2) is 0 Å². The molecule has 1 aliphatic rings. The van der Waals surface area contributed by atoms with Gasteiger partial charge in [0.15, 0.2) is 0 Å². The zero-order valence-electron chi connectivity index (χ0n) is 10.7. The fraction of sp³-hybridized carbons (Fsp3) is 0.571. The maximum Gasteiger partial charge on any atom is 0.125 e. The van der Waals surface area contributed by atoms with Crippen LogP contribution < -0.4 is 10.1 Å². The Bertz CT molecular complexity index is 392. The molecule has 1 aromatic carbocycles. The van der Waals surface area contributed by atoms with Crippen molar-refractivity contribution in [3.8, 4) is 5.75 Å². The van der Waals surface area contributed by atoms with Crippen molar-refractivity contribution in [2.45, 2.75) is 38.8 Å². The van der Waals surface area contributed by atoms with Gasteiger partial charge in [-0.3, -0.25) is 0 Å². The Morgan fingerprint density at radius 1 is 1.47 bits per heavy atom. The maximum atomic E-state index is 6.09. The molecule has 2 atom stereocenters. The van der Waals surface area contributed by atoms with Crippen molar-refractivity contribution in [3.63, 3.8) is 0 Å². The van der Waals surface area contributed by atoms with Crippen LogP contribution in [0.2, 0.25) is 0 Å². The first-order valence-electron chi connectivity index (χ1n) is 6.23. The second kappa shape index (κ2) is 5.40. The monoisotopic (exact) mass is 297 g/mol. The first-order chi connectivity index (χ1) is 8.10. The summed E-state index contributed by atoms with van der Waals surface area (Å²) in [7, 11) is 2.02. The molecule has 1 N–H and O–H groups in total. The average Bonchev–Trinajstić information content (AvgIpc) is 2.26. The van der Waals surface area contributed by atoms with E-state index in [1.165, 1.54) is 5.56 Å². The molecule has 2 rings (SSSR count). The third-order valence-electron chi connectivity index (χ3n) is 3.23. The minimum Gasteiger partial charge on any atom is -0.490 e. The number of halogens is 1. The van der Waals surface area contributed by atoms with E-state index in [4.69, 9.17) is 4.74 Å². The summed E-state index contributed by atoms with van der Waals surface area (Å²) in [6.07, 6.45) is 2.50. The van der Waals surface area contributed by atoms with E-state index in [0.29, 0.717) is 18.1 Å². The van der Waals surface area contributed by atoms with Gasteiger partial charge in [-0.1, -0.05) is 35.8 Å². The molecule has 0 aromatic heterocycles. The van der Waals surface area contributed by atoms with Crippen LogP contribution >= 0.6 is 15.9 Å². The molecule has 0 saturated carbocycles. The smallest absolute Gasteiger partial charge is 0.125 e. The molecule has 0 saturated heterocycles. The fourth-order valence-electron chi connectivity index (χ4n) is 2.46. The highest BCUT2D eigenvalue weighted by Crippen LogP contribution is 2.37. The second-order valence-corrected chi connectivity index (χ2v) is 6.04. The Kier molecular flexibility index (Phi) is 4.10. The minimum atomic E-state index is 0.328. The summed E-state index contributed by atoms with van der Waals surface area (Å²) < 4.78 is 7.17. The van der Waals surface area contributed by atoms with Crippen molar-refractivity contribution in [2.24, 2.45) is 5.92 Å². The summed E-state index contributed by atoms with van der Waals surface area (Å²) >= 11 is 3.50. The quantitative estimate of drug-likeness (QED) is 0.913. The van der Waals surface area contributed by atoms with Gasteiger partial charge in [0.1, 0.15) is 11.9 Å². The van der Waals surface area contributed by atoms with E-state index < -0.39 is 0 Å². The molecular weight excluding hydrogens is 278 g/mol. The van der Waals surface area contributed by atoms with E-state index in [9.17, 15) is 0 Å². The minimum absolute atomic E-state index is 0.328. The molecule has 3 heteroatoms. The van der Waals surface area contributed by atoms with E-state index in [2.05, 4.69) is 53.3 Å². The van der Waals surface area contributed by atoms with Gasteiger partial charge in [0, 0.05) is 22.5 Å². The SMILES string of the molecule is CNC1CC(CC(C)C)Oc2cc(Br)ccc21. The second-order valence-electron chi connectivity index (χ2n) is 5.13. The summed E-state index contributed by atoms with van der Waals surface area (Å²) in [5, 5.41) is 3.39. The highest BCUT2D eigenvalue weighted by atomic mass is 79.9. The molecule has 0 aliphatic carbocycles. The highest BCUT2D eigenvalue weighted by molar-refractivity contribution is 9.10. The Labute approximate surface area is 112 Å². The van der Waals surface area contributed by atoms with Crippen molar-refractivity contribution in [2.75, 3.05) is 7.05 Å². The Morgan fingerprint density at radius 2 is 2.24 bits per heavy atom. The molecule has 0 spiro atoms. The van der Waals surface area contributed by atoms with Crippen molar-refractivity contribution < 1.29 is 4.74 Å². The number of hydrogen-bond acceptors (Lipinski definition) is 2. The van der Waals surface area contributed by atoms with Gasteiger partial charge >= 0.3 is 0 Å². The van der Waals surface area contributed by atoms with Crippen LogP contribution in [0.3, 0.4) is 0 Å². The number of nitrogens with one attached hydrogen (secondary N) is 1. The maximum absolute atomic E-state index is 6.09. The zero-order chi connectivity index (χ0) is 12.4. The van der Waals surface area contributed by atoms with Crippen molar-refractivity contribution in [1.29, 1.82) is 0 Å².